The van der Waals surface area contributed by atoms with E-state index in [2.05, 4.69) is 6.07 Å². The summed E-state index contributed by atoms with van der Waals surface area (Å²) in [5.41, 5.74) is 1.94. The SMILES string of the molecule is CC.Cc1ccc(C#N)cc1B1OC(C)(C)C(C)(C)O1. The average Bonchev–Trinajstić information content (AvgIpc) is 2.61. The Kier molecular flexibility index (Phi) is 5.02. The number of benzene rings is 1. The van der Waals surface area contributed by atoms with E-state index < -0.39 is 7.12 Å². The van der Waals surface area contributed by atoms with Gasteiger partial charge in [-0.2, -0.15) is 5.26 Å². The molecule has 20 heavy (non-hydrogen) atoms. The summed E-state index contributed by atoms with van der Waals surface area (Å²) in [6.45, 7) is 14.1. The maximum Gasteiger partial charge on any atom is 0.495 e. The van der Waals surface area contributed by atoms with Gasteiger partial charge in [-0.3, -0.25) is 0 Å². The smallest absolute Gasteiger partial charge is 0.399 e. The quantitative estimate of drug-likeness (QED) is 0.738. The van der Waals surface area contributed by atoms with Crippen LogP contribution in [0, 0.1) is 18.3 Å². The third-order valence-corrected chi connectivity index (χ3v) is 3.92. The molecule has 3 nitrogen and oxygen atoms in total. The van der Waals surface area contributed by atoms with Gasteiger partial charge >= 0.3 is 7.12 Å². The van der Waals surface area contributed by atoms with E-state index in [0.29, 0.717) is 5.56 Å². The lowest BCUT2D eigenvalue weighted by atomic mass is 9.75. The predicted octanol–water partition coefficient (Wildman–Crippen LogP) is 3.19. The van der Waals surface area contributed by atoms with Gasteiger partial charge in [-0.15, -0.1) is 0 Å². The molecule has 1 aromatic rings. The summed E-state index contributed by atoms with van der Waals surface area (Å²) >= 11 is 0. The second-order valence-corrected chi connectivity index (χ2v) is 5.77. The highest BCUT2D eigenvalue weighted by atomic mass is 16.7. The van der Waals surface area contributed by atoms with Gasteiger partial charge in [0, 0.05) is 0 Å². The Morgan fingerprint density at radius 2 is 1.55 bits per heavy atom. The zero-order valence-electron chi connectivity index (χ0n) is 13.6. The Hall–Kier alpha value is -1.31. The van der Waals surface area contributed by atoms with E-state index in [1.807, 2.05) is 66.7 Å². The molecule has 0 bridgehead atoms. The lowest BCUT2D eigenvalue weighted by Gasteiger charge is -2.32. The average molecular weight is 273 g/mol. The van der Waals surface area contributed by atoms with Crippen molar-refractivity contribution in [3.05, 3.63) is 29.3 Å². The molecule has 0 amide bonds. The van der Waals surface area contributed by atoms with Crippen molar-refractivity contribution in [2.75, 3.05) is 0 Å². The maximum atomic E-state index is 8.97. The molecule has 1 heterocycles. The Morgan fingerprint density at radius 1 is 1.05 bits per heavy atom. The van der Waals surface area contributed by atoms with Crippen LogP contribution < -0.4 is 5.46 Å². The molecule has 4 heteroatoms. The summed E-state index contributed by atoms with van der Waals surface area (Å²) in [5.74, 6) is 0. The van der Waals surface area contributed by atoms with Gasteiger partial charge in [-0.05, 0) is 52.2 Å². The number of aryl methyl sites for hydroxylation is 1. The highest BCUT2D eigenvalue weighted by Gasteiger charge is 2.52. The minimum absolute atomic E-state index is 0.354. The molecule has 0 spiro atoms. The number of hydrogen-bond acceptors (Lipinski definition) is 3. The van der Waals surface area contributed by atoms with E-state index in [1.165, 1.54) is 0 Å². The molecule has 0 unspecified atom stereocenters. The highest BCUT2D eigenvalue weighted by molar-refractivity contribution is 6.62. The van der Waals surface area contributed by atoms with Crippen LogP contribution in [0.4, 0.5) is 0 Å². The standard InChI is InChI=1S/C14H18BNO2.C2H6/c1-10-6-7-11(9-16)8-12(10)15-17-13(2,3)14(4,5)18-15;1-2/h6-8H,1-5H3;1-2H3. The summed E-state index contributed by atoms with van der Waals surface area (Å²) in [5, 5.41) is 8.97. The lowest BCUT2D eigenvalue weighted by Crippen LogP contribution is -2.41. The molecule has 0 radical (unpaired) electrons. The van der Waals surface area contributed by atoms with Crippen molar-refractivity contribution >= 4 is 12.6 Å². The molecule has 1 aliphatic rings. The molecular formula is C16H24BNO2. The van der Waals surface area contributed by atoms with E-state index in [-0.39, 0.29) is 11.2 Å². The molecular weight excluding hydrogens is 249 g/mol. The maximum absolute atomic E-state index is 8.97. The summed E-state index contributed by atoms with van der Waals surface area (Å²) in [6.07, 6.45) is 0. The molecule has 0 aliphatic carbocycles. The highest BCUT2D eigenvalue weighted by Crippen LogP contribution is 2.36. The zero-order chi connectivity index (χ0) is 15.6. The van der Waals surface area contributed by atoms with E-state index >= 15 is 0 Å². The minimum Gasteiger partial charge on any atom is -0.399 e. The third-order valence-electron chi connectivity index (χ3n) is 3.92. The molecule has 2 rings (SSSR count). The van der Waals surface area contributed by atoms with Crippen molar-refractivity contribution in [3.8, 4) is 6.07 Å². The zero-order valence-corrected chi connectivity index (χ0v) is 13.6. The lowest BCUT2D eigenvalue weighted by molar-refractivity contribution is 0.00578. The van der Waals surface area contributed by atoms with Crippen LogP contribution in [0.2, 0.25) is 0 Å². The van der Waals surface area contributed by atoms with Gasteiger partial charge in [0.2, 0.25) is 0 Å². The number of rotatable bonds is 1. The normalized spacial score (nSPS) is 19.0. The van der Waals surface area contributed by atoms with Crippen molar-refractivity contribution in [2.24, 2.45) is 0 Å². The van der Waals surface area contributed by atoms with E-state index in [9.17, 15) is 0 Å². The van der Waals surface area contributed by atoms with Crippen LogP contribution in [0.25, 0.3) is 0 Å². The second-order valence-electron chi connectivity index (χ2n) is 5.77. The molecule has 1 aromatic carbocycles. The first-order chi connectivity index (χ1) is 9.27. The fraction of sp³-hybridized carbons (Fsp3) is 0.562. The van der Waals surface area contributed by atoms with Gasteiger partial charge in [0.1, 0.15) is 0 Å². The van der Waals surface area contributed by atoms with Gasteiger partial charge in [0.25, 0.3) is 0 Å². The first-order valence-electron chi connectivity index (χ1n) is 7.13. The summed E-state index contributed by atoms with van der Waals surface area (Å²) in [7, 11) is -0.400. The molecule has 0 N–H and O–H groups in total. The van der Waals surface area contributed by atoms with Crippen molar-refractivity contribution in [2.45, 2.75) is 59.7 Å². The number of hydrogen-bond donors (Lipinski definition) is 0. The number of nitrogens with zero attached hydrogens (tertiary/aromatic N) is 1. The predicted molar refractivity (Wildman–Crippen MR) is 83.0 cm³/mol. The molecule has 108 valence electrons. The Labute approximate surface area is 123 Å². The van der Waals surface area contributed by atoms with Crippen LogP contribution in [0.15, 0.2) is 18.2 Å². The summed E-state index contributed by atoms with van der Waals surface area (Å²) in [4.78, 5) is 0. The monoisotopic (exact) mass is 273 g/mol. The summed E-state index contributed by atoms with van der Waals surface area (Å²) < 4.78 is 12.0. The van der Waals surface area contributed by atoms with Gasteiger partial charge in [0.05, 0.1) is 22.8 Å². The van der Waals surface area contributed by atoms with Gasteiger partial charge < -0.3 is 9.31 Å². The molecule has 1 aliphatic heterocycles. The fourth-order valence-electron chi connectivity index (χ4n) is 1.93. The first-order valence-corrected chi connectivity index (χ1v) is 7.13. The molecule has 0 atom stereocenters. The van der Waals surface area contributed by atoms with Crippen LogP contribution in [-0.4, -0.2) is 18.3 Å². The topological polar surface area (TPSA) is 42.2 Å². The fourth-order valence-corrected chi connectivity index (χ4v) is 1.93. The molecule has 1 fully saturated rings. The van der Waals surface area contributed by atoms with Crippen LogP contribution in [0.5, 0.6) is 0 Å². The third kappa shape index (κ3) is 3.05. The van der Waals surface area contributed by atoms with Gasteiger partial charge in [0.15, 0.2) is 0 Å². The molecule has 0 aromatic heterocycles. The van der Waals surface area contributed by atoms with E-state index in [1.54, 1.807) is 0 Å². The van der Waals surface area contributed by atoms with Crippen molar-refractivity contribution < 1.29 is 9.31 Å². The van der Waals surface area contributed by atoms with Crippen LogP contribution in [0.1, 0.15) is 52.7 Å². The Bertz CT molecular complexity index is 502. The Balaban J connectivity index is 0.000000956. The Morgan fingerprint density at radius 3 is 2.00 bits per heavy atom. The first kappa shape index (κ1) is 16.7. The second kappa shape index (κ2) is 5.99. The minimum atomic E-state index is -0.400. The summed E-state index contributed by atoms with van der Waals surface area (Å²) in [6, 6.07) is 7.73. The molecule has 1 saturated heterocycles. The van der Waals surface area contributed by atoms with Crippen molar-refractivity contribution in [1.29, 1.82) is 5.26 Å². The van der Waals surface area contributed by atoms with Crippen LogP contribution in [-0.2, 0) is 9.31 Å². The van der Waals surface area contributed by atoms with Crippen molar-refractivity contribution in [3.63, 3.8) is 0 Å². The van der Waals surface area contributed by atoms with E-state index in [0.717, 1.165) is 11.0 Å². The van der Waals surface area contributed by atoms with Crippen LogP contribution in [0.3, 0.4) is 0 Å². The largest absolute Gasteiger partial charge is 0.495 e. The molecule has 0 saturated carbocycles. The van der Waals surface area contributed by atoms with Crippen molar-refractivity contribution in [1.82, 2.24) is 0 Å². The van der Waals surface area contributed by atoms with Gasteiger partial charge in [-0.25, -0.2) is 0 Å². The van der Waals surface area contributed by atoms with E-state index in [4.69, 9.17) is 14.6 Å². The van der Waals surface area contributed by atoms with Crippen LogP contribution >= 0.6 is 0 Å². The number of nitriles is 1. The van der Waals surface area contributed by atoms with Gasteiger partial charge in [-0.1, -0.05) is 25.5 Å².